The molecule has 252 valence electrons. The number of hydrogen-bond acceptors (Lipinski definition) is 11. The molecular weight excluding hydrogens is 613 g/mol. The first-order chi connectivity index (χ1) is 22.8. The lowest BCUT2D eigenvalue weighted by atomic mass is 10.0. The summed E-state index contributed by atoms with van der Waals surface area (Å²) in [6, 6.07) is 8.64. The van der Waals surface area contributed by atoms with E-state index in [9.17, 15) is 4.21 Å². The highest BCUT2D eigenvalue weighted by atomic mass is 32.2. The first kappa shape index (κ1) is 34.3. The molecule has 2 aromatic heterocycles. The number of hydrogen-bond donors (Lipinski definition) is 3. The van der Waals surface area contributed by atoms with Crippen LogP contribution in [0, 0.1) is 13.8 Å². The molecule has 0 bridgehead atoms. The van der Waals surface area contributed by atoms with Crippen LogP contribution in [0.4, 0.5) is 34.5 Å². The molecule has 0 spiro atoms. The Morgan fingerprint density at radius 1 is 0.894 bits per heavy atom. The van der Waals surface area contributed by atoms with Gasteiger partial charge in [-0.25, -0.2) is 9.19 Å². The van der Waals surface area contributed by atoms with Gasteiger partial charge < -0.3 is 29.9 Å². The number of ether oxygens (including phenoxy) is 1. The van der Waals surface area contributed by atoms with E-state index in [1.807, 2.05) is 32.9 Å². The quantitative estimate of drug-likeness (QED) is 0.212. The molecule has 47 heavy (non-hydrogen) atoms. The number of aromatic nitrogens is 4. The number of aryl methyl sites for hydroxylation is 2. The Morgan fingerprint density at radius 3 is 2.32 bits per heavy atom. The highest BCUT2D eigenvalue weighted by molar-refractivity contribution is 7.85. The van der Waals surface area contributed by atoms with Crippen molar-refractivity contribution in [2.75, 3.05) is 79.9 Å². The molecule has 0 saturated carbocycles. The van der Waals surface area contributed by atoms with Gasteiger partial charge in [0, 0.05) is 87.5 Å². The topological polar surface area (TPSA) is 124 Å². The third kappa shape index (κ3) is 8.09. The second kappa shape index (κ2) is 15.7. The lowest BCUT2D eigenvalue weighted by molar-refractivity contribution is 0.0982. The van der Waals surface area contributed by atoms with Crippen molar-refractivity contribution in [1.29, 1.82) is 0 Å². The van der Waals surface area contributed by atoms with Crippen LogP contribution in [0.5, 0.6) is 5.75 Å². The van der Waals surface area contributed by atoms with Crippen LogP contribution in [0.2, 0.25) is 0 Å². The van der Waals surface area contributed by atoms with Crippen LogP contribution in [-0.4, -0.2) is 99.7 Å². The fourth-order valence-electron chi connectivity index (χ4n) is 6.21. The predicted octanol–water partition coefficient (Wildman–Crippen LogP) is 5.48. The highest BCUT2D eigenvalue weighted by Gasteiger charge is 2.28. The maximum atomic E-state index is 12.2. The van der Waals surface area contributed by atoms with Gasteiger partial charge in [0.25, 0.3) is 0 Å². The number of piperidine rings is 1. The Bertz CT molecular complexity index is 1690. The monoisotopic (exact) mass is 660 g/mol. The number of piperazine rings is 1. The molecule has 4 aromatic rings. The molecule has 12 nitrogen and oxygen atoms in total. The van der Waals surface area contributed by atoms with E-state index >= 15 is 0 Å². The minimum atomic E-state index is -1.32. The minimum Gasteiger partial charge on any atom is -0.494 e. The summed E-state index contributed by atoms with van der Waals surface area (Å²) in [6.07, 6.45) is 8.94. The van der Waals surface area contributed by atoms with Gasteiger partial charge in [0.1, 0.15) is 28.1 Å². The number of rotatable bonds is 9. The summed E-state index contributed by atoms with van der Waals surface area (Å²) < 4.78 is 21.0. The largest absolute Gasteiger partial charge is 0.494 e. The fraction of sp³-hybridized carbons (Fsp3) is 0.471. The standard InChI is InChI=1S/C32H42N10O2S.C2H6/c1-21-18-26(28(44-4)19-27(21)42-12-8-23(9-13-42)41-16-14-40(3)15-17-41)37-32-35-20-22(2)31(38-32)36-25-7-6-24-29(34-11-10-33-24)30(25)39-45(5)43;1-2/h6-7,10-11,18-20,23,39H,8-9,12-17H2,1-5H3,(H2,35,36,37,38);1-2H3. The van der Waals surface area contributed by atoms with E-state index in [1.165, 1.54) is 37.2 Å². The lowest BCUT2D eigenvalue weighted by Crippen LogP contribution is -2.52. The van der Waals surface area contributed by atoms with Crippen molar-refractivity contribution in [1.82, 2.24) is 29.7 Å². The smallest absolute Gasteiger partial charge is 0.229 e. The molecule has 6 rings (SSSR count). The third-order valence-corrected chi connectivity index (χ3v) is 9.23. The zero-order valence-corrected chi connectivity index (χ0v) is 29.4. The normalized spacial score (nSPS) is 16.7. The molecule has 2 aliphatic rings. The lowest BCUT2D eigenvalue weighted by Gasteiger charge is -2.43. The Kier molecular flexibility index (Phi) is 11.4. The van der Waals surface area contributed by atoms with Crippen LogP contribution in [0.15, 0.2) is 42.9 Å². The van der Waals surface area contributed by atoms with E-state index in [2.05, 4.69) is 71.1 Å². The van der Waals surface area contributed by atoms with Crippen LogP contribution in [0.25, 0.3) is 11.0 Å². The first-order valence-electron chi connectivity index (χ1n) is 16.4. The molecule has 0 radical (unpaired) electrons. The second-order valence-electron chi connectivity index (χ2n) is 11.8. The fourth-order valence-corrected chi connectivity index (χ4v) is 6.70. The summed E-state index contributed by atoms with van der Waals surface area (Å²) in [6.45, 7) is 14.8. The van der Waals surface area contributed by atoms with Gasteiger partial charge in [-0.05, 0) is 57.5 Å². The van der Waals surface area contributed by atoms with Crippen LogP contribution in [0.3, 0.4) is 0 Å². The number of nitrogens with one attached hydrogen (secondary N) is 3. The molecule has 0 amide bonds. The summed E-state index contributed by atoms with van der Waals surface area (Å²) in [7, 11) is 2.59. The van der Waals surface area contributed by atoms with Crippen LogP contribution in [-0.2, 0) is 11.0 Å². The van der Waals surface area contributed by atoms with Gasteiger partial charge in [0.15, 0.2) is 0 Å². The van der Waals surface area contributed by atoms with Crippen molar-refractivity contribution in [3.63, 3.8) is 0 Å². The highest BCUT2D eigenvalue weighted by Crippen LogP contribution is 2.37. The van der Waals surface area contributed by atoms with Crippen LogP contribution < -0.4 is 25.0 Å². The molecule has 3 N–H and O–H groups in total. The number of benzene rings is 2. The minimum absolute atomic E-state index is 0.427. The maximum absolute atomic E-state index is 12.2. The van der Waals surface area contributed by atoms with Gasteiger partial charge in [-0.15, -0.1) is 0 Å². The van der Waals surface area contributed by atoms with Crippen molar-refractivity contribution in [2.24, 2.45) is 0 Å². The molecule has 2 saturated heterocycles. The average molecular weight is 661 g/mol. The summed E-state index contributed by atoms with van der Waals surface area (Å²) >= 11 is 0. The Morgan fingerprint density at radius 2 is 1.62 bits per heavy atom. The number of anilines is 6. The summed E-state index contributed by atoms with van der Waals surface area (Å²) in [5, 5.41) is 6.76. The molecule has 1 atom stereocenters. The van der Waals surface area contributed by atoms with Gasteiger partial charge in [-0.3, -0.25) is 14.9 Å². The number of methoxy groups -OCH3 is 1. The zero-order chi connectivity index (χ0) is 33.5. The molecule has 13 heteroatoms. The van der Waals surface area contributed by atoms with Crippen LogP contribution >= 0.6 is 0 Å². The van der Waals surface area contributed by atoms with E-state index < -0.39 is 11.0 Å². The van der Waals surface area contributed by atoms with E-state index in [4.69, 9.17) is 9.72 Å². The van der Waals surface area contributed by atoms with Crippen molar-refractivity contribution >= 4 is 56.5 Å². The van der Waals surface area contributed by atoms with E-state index in [1.54, 1.807) is 32.0 Å². The average Bonchev–Trinajstić information content (AvgIpc) is 3.08. The second-order valence-corrected chi connectivity index (χ2v) is 13.0. The SMILES string of the molecule is CC.COc1cc(N2CCC(N3CCN(C)CC3)CC2)c(C)cc1Nc1ncc(C)c(Nc2ccc3nccnc3c2NS(C)=O)n1. The Balaban J connectivity index is 0.00000213. The molecule has 1 unspecified atom stereocenters. The summed E-state index contributed by atoms with van der Waals surface area (Å²) in [4.78, 5) is 25.8. The molecule has 2 fully saturated rings. The van der Waals surface area contributed by atoms with Gasteiger partial charge >= 0.3 is 0 Å². The van der Waals surface area contributed by atoms with Crippen molar-refractivity contribution in [2.45, 2.75) is 46.6 Å². The maximum Gasteiger partial charge on any atom is 0.229 e. The number of nitrogens with zero attached hydrogens (tertiary/aromatic N) is 7. The van der Waals surface area contributed by atoms with Crippen molar-refractivity contribution < 1.29 is 8.95 Å². The Hall–Kier alpha value is -4.07. The molecular formula is C34H48N10O2S. The molecule has 2 aliphatic heterocycles. The first-order valence-corrected chi connectivity index (χ1v) is 17.9. The predicted molar refractivity (Wildman–Crippen MR) is 194 cm³/mol. The number of fused-ring (bicyclic) bond motifs is 1. The van der Waals surface area contributed by atoms with E-state index in [0.717, 1.165) is 43.2 Å². The summed E-state index contributed by atoms with van der Waals surface area (Å²) in [5.41, 5.74) is 6.60. The summed E-state index contributed by atoms with van der Waals surface area (Å²) in [5.74, 6) is 1.77. The van der Waals surface area contributed by atoms with Crippen molar-refractivity contribution in [3.8, 4) is 5.75 Å². The van der Waals surface area contributed by atoms with Gasteiger partial charge in [0.05, 0.1) is 29.7 Å². The van der Waals surface area contributed by atoms with Gasteiger partial charge in [-0.1, -0.05) is 13.8 Å². The zero-order valence-electron chi connectivity index (χ0n) is 28.6. The molecule has 0 aliphatic carbocycles. The molecule has 4 heterocycles. The Labute approximate surface area is 280 Å². The number of likely N-dealkylation sites (N-methyl/N-ethyl adjacent to an activating group) is 1. The molecule has 2 aromatic carbocycles. The van der Waals surface area contributed by atoms with Gasteiger partial charge in [-0.2, -0.15) is 4.98 Å². The van der Waals surface area contributed by atoms with Gasteiger partial charge in [0.2, 0.25) is 5.95 Å². The van der Waals surface area contributed by atoms with E-state index in [-0.39, 0.29) is 0 Å². The third-order valence-electron chi connectivity index (χ3n) is 8.74. The van der Waals surface area contributed by atoms with E-state index in [0.29, 0.717) is 40.2 Å². The van der Waals surface area contributed by atoms with Crippen molar-refractivity contribution in [3.05, 3.63) is 54.0 Å². The van der Waals surface area contributed by atoms with Crippen LogP contribution in [0.1, 0.15) is 37.8 Å².